The van der Waals surface area contributed by atoms with E-state index in [4.69, 9.17) is 4.98 Å². The molecule has 0 atom stereocenters. The lowest BCUT2D eigenvalue weighted by molar-refractivity contribution is 0.0706. The van der Waals surface area contributed by atoms with E-state index in [2.05, 4.69) is 34.8 Å². The zero-order chi connectivity index (χ0) is 20.7. The van der Waals surface area contributed by atoms with Gasteiger partial charge in [0.2, 0.25) is 0 Å². The molecule has 1 fully saturated rings. The summed E-state index contributed by atoms with van der Waals surface area (Å²) in [7, 11) is 2.09. The van der Waals surface area contributed by atoms with Crippen LogP contribution in [0.1, 0.15) is 40.1 Å². The highest BCUT2D eigenvalue weighted by atomic mass is 32.1. The van der Waals surface area contributed by atoms with Gasteiger partial charge in [0, 0.05) is 26.1 Å². The van der Waals surface area contributed by atoms with Crippen molar-refractivity contribution in [1.29, 1.82) is 0 Å². The quantitative estimate of drug-likeness (QED) is 0.471. The molecule has 0 spiro atoms. The lowest BCUT2D eigenvalue weighted by atomic mass is 9.95. The molecule has 0 N–H and O–H groups in total. The van der Waals surface area contributed by atoms with Gasteiger partial charge in [-0.15, -0.1) is 11.3 Å². The van der Waals surface area contributed by atoms with Crippen LogP contribution in [0.3, 0.4) is 0 Å². The van der Waals surface area contributed by atoms with Crippen molar-refractivity contribution in [3.63, 3.8) is 0 Å². The molecule has 1 aliphatic rings. The molecule has 3 heterocycles. The van der Waals surface area contributed by atoms with Gasteiger partial charge in [-0.1, -0.05) is 42.5 Å². The van der Waals surface area contributed by atoms with Crippen molar-refractivity contribution in [3.05, 3.63) is 71.1 Å². The van der Waals surface area contributed by atoms with Crippen LogP contribution in [0.5, 0.6) is 0 Å². The van der Waals surface area contributed by atoms with Gasteiger partial charge in [0.15, 0.2) is 0 Å². The molecule has 6 heteroatoms. The number of amides is 1. The maximum absolute atomic E-state index is 13.3. The molecular formula is C24H24N4OS. The summed E-state index contributed by atoms with van der Waals surface area (Å²) in [6.45, 7) is 3.43. The van der Waals surface area contributed by atoms with Crippen LogP contribution in [-0.2, 0) is 7.05 Å². The monoisotopic (exact) mass is 416 g/mol. The number of likely N-dealkylation sites (tertiary alicyclic amines) is 1. The van der Waals surface area contributed by atoms with Crippen LogP contribution < -0.4 is 0 Å². The summed E-state index contributed by atoms with van der Waals surface area (Å²) >= 11 is 1.59. The van der Waals surface area contributed by atoms with Gasteiger partial charge >= 0.3 is 0 Å². The standard InChI is InChI=1S/C24H24N4OS/c1-16-25-21(22(30-16)17-8-4-3-5-9-17)24(29)28-14-12-18(13-15-28)23-26-19-10-6-7-11-20(19)27(23)2/h3-11,18H,12-15H2,1-2H3. The third-order valence-corrected chi connectivity index (χ3v) is 6.96. The van der Waals surface area contributed by atoms with Crippen molar-refractivity contribution in [2.75, 3.05) is 13.1 Å². The van der Waals surface area contributed by atoms with Gasteiger partial charge < -0.3 is 9.47 Å². The third kappa shape index (κ3) is 3.31. The van der Waals surface area contributed by atoms with Crippen LogP contribution in [0.15, 0.2) is 54.6 Å². The second kappa shape index (κ2) is 7.69. The number of piperidine rings is 1. The van der Waals surface area contributed by atoms with E-state index < -0.39 is 0 Å². The Morgan fingerprint density at radius 1 is 1.00 bits per heavy atom. The second-order valence-electron chi connectivity index (χ2n) is 7.86. The zero-order valence-electron chi connectivity index (χ0n) is 17.2. The fourth-order valence-corrected chi connectivity index (χ4v) is 5.29. The Hall–Kier alpha value is -2.99. The first-order valence-electron chi connectivity index (χ1n) is 10.4. The molecule has 1 saturated heterocycles. The molecule has 2 aromatic carbocycles. The van der Waals surface area contributed by atoms with Crippen molar-refractivity contribution >= 4 is 28.3 Å². The average Bonchev–Trinajstić information content (AvgIpc) is 3.34. The van der Waals surface area contributed by atoms with Crippen molar-refractivity contribution in [1.82, 2.24) is 19.4 Å². The first-order valence-corrected chi connectivity index (χ1v) is 11.2. The molecule has 4 aromatic rings. The summed E-state index contributed by atoms with van der Waals surface area (Å²) < 4.78 is 2.20. The number of hydrogen-bond acceptors (Lipinski definition) is 4. The molecule has 0 radical (unpaired) electrons. The highest BCUT2D eigenvalue weighted by molar-refractivity contribution is 7.15. The van der Waals surface area contributed by atoms with E-state index in [0.717, 1.165) is 58.2 Å². The minimum atomic E-state index is 0.0432. The van der Waals surface area contributed by atoms with Crippen LogP contribution in [0.25, 0.3) is 21.5 Å². The van der Waals surface area contributed by atoms with Gasteiger partial charge in [-0.3, -0.25) is 4.79 Å². The predicted molar refractivity (Wildman–Crippen MR) is 121 cm³/mol. The maximum atomic E-state index is 13.3. The summed E-state index contributed by atoms with van der Waals surface area (Å²) in [5.41, 5.74) is 3.85. The highest BCUT2D eigenvalue weighted by Gasteiger charge is 2.30. The Kier molecular flexibility index (Phi) is 4.87. The van der Waals surface area contributed by atoms with Gasteiger partial charge in [-0.2, -0.15) is 0 Å². The minimum absolute atomic E-state index is 0.0432. The number of aromatic nitrogens is 3. The van der Waals surface area contributed by atoms with E-state index in [1.165, 1.54) is 0 Å². The van der Waals surface area contributed by atoms with Crippen molar-refractivity contribution in [2.45, 2.75) is 25.7 Å². The molecule has 0 saturated carbocycles. The molecule has 5 nitrogen and oxygen atoms in total. The smallest absolute Gasteiger partial charge is 0.273 e. The molecule has 1 aliphatic heterocycles. The maximum Gasteiger partial charge on any atom is 0.273 e. The fourth-order valence-electron chi connectivity index (χ4n) is 4.38. The number of para-hydroxylation sites is 2. The van der Waals surface area contributed by atoms with Gasteiger partial charge in [0.1, 0.15) is 11.5 Å². The third-order valence-electron chi connectivity index (χ3n) is 5.94. The van der Waals surface area contributed by atoms with E-state index >= 15 is 0 Å². The Labute approximate surface area is 180 Å². The molecule has 5 rings (SSSR count). The predicted octanol–water partition coefficient (Wildman–Crippen LogP) is 5.03. The number of hydrogen-bond donors (Lipinski definition) is 0. The first kappa shape index (κ1) is 19.0. The molecule has 1 amide bonds. The number of carbonyl (C=O) groups excluding carboxylic acids is 1. The Balaban J connectivity index is 1.35. The summed E-state index contributed by atoms with van der Waals surface area (Å²) in [5, 5.41) is 0.923. The molecule has 0 unspecified atom stereocenters. The number of thiazole rings is 1. The lowest BCUT2D eigenvalue weighted by Gasteiger charge is -2.31. The summed E-state index contributed by atoms with van der Waals surface area (Å²) in [4.78, 5) is 25.7. The van der Waals surface area contributed by atoms with Crippen LogP contribution in [-0.4, -0.2) is 38.4 Å². The normalized spacial score (nSPS) is 15.1. The van der Waals surface area contributed by atoms with Gasteiger partial charge in [-0.25, -0.2) is 9.97 Å². The topological polar surface area (TPSA) is 51.0 Å². The average molecular weight is 417 g/mol. The minimum Gasteiger partial charge on any atom is -0.337 e. The van der Waals surface area contributed by atoms with Gasteiger partial charge in [0.05, 0.1) is 20.9 Å². The SMILES string of the molecule is Cc1nc(C(=O)N2CCC(c3nc4ccccc4n3C)CC2)c(-c2ccccc2)s1. The summed E-state index contributed by atoms with van der Waals surface area (Å²) in [5.74, 6) is 1.54. The zero-order valence-corrected chi connectivity index (χ0v) is 18.0. The van der Waals surface area contributed by atoms with Crippen LogP contribution in [0.2, 0.25) is 0 Å². The highest BCUT2D eigenvalue weighted by Crippen LogP contribution is 2.33. The molecule has 0 aliphatic carbocycles. The molecular weight excluding hydrogens is 392 g/mol. The number of benzene rings is 2. The first-order chi connectivity index (χ1) is 14.6. The molecule has 2 aromatic heterocycles. The number of fused-ring (bicyclic) bond motifs is 1. The van der Waals surface area contributed by atoms with Crippen LogP contribution >= 0.6 is 11.3 Å². The van der Waals surface area contributed by atoms with Crippen LogP contribution in [0, 0.1) is 6.92 Å². The number of nitrogens with zero attached hydrogens (tertiary/aromatic N) is 4. The number of carbonyl (C=O) groups is 1. The lowest BCUT2D eigenvalue weighted by Crippen LogP contribution is -2.38. The van der Waals surface area contributed by atoms with E-state index in [-0.39, 0.29) is 5.91 Å². The summed E-state index contributed by atoms with van der Waals surface area (Å²) in [6, 6.07) is 18.3. The van der Waals surface area contributed by atoms with E-state index in [1.54, 1.807) is 11.3 Å². The summed E-state index contributed by atoms with van der Waals surface area (Å²) in [6.07, 6.45) is 1.85. The van der Waals surface area contributed by atoms with Crippen molar-refractivity contribution < 1.29 is 4.79 Å². The molecule has 0 bridgehead atoms. The number of aryl methyl sites for hydroxylation is 2. The Bertz CT molecular complexity index is 1200. The Morgan fingerprint density at radius 3 is 2.43 bits per heavy atom. The largest absolute Gasteiger partial charge is 0.337 e. The van der Waals surface area contributed by atoms with Crippen molar-refractivity contribution in [2.24, 2.45) is 7.05 Å². The van der Waals surface area contributed by atoms with Gasteiger partial charge in [0.25, 0.3) is 5.91 Å². The molecule has 30 heavy (non-hydrogen) atoms. The van der Waals surface area contributed by atoms with E-state index in [9.17, 15) is 4.79 Å². The fraction of sp³-hybridized carbons (Fsp3) is 0.292. The Morgan fingerprint density at radius 2 is 1.70 bits per heavy atom. The van der Waals surface area contributed by atoms with Crippen molar-refractivity contribution in [3.8, 4) is 10.4 Å². The molecule has 152 valence electrons. The van der Waals surface area contributed by atoms with E-state index in [0.29, 0.717) is 11.6 Å². The second-order valence-corrected chi connectivity index (χ2v) is 9.06. The van der Waals surface area contributed by atoms with Gasteiger partial charge in [-0.05, 0) is 37.5 Å². The number of imidazole rings is 1. The van der Waals surface area contributed by atoms with Crippen LogP contribution in [0.4, 0.5) is 0 Å². The van der Waals surface area contributed by atoms with E-state index in [1.807, 2.05) is 48.2 Å². The number of rotatable bonds is 3.